The predicted octanol–water partition coefficient (Wildman–Crippen LogP) is 1.55. The van der Waals surface area contributed by atoms with E-state index in [9.17, 15) is 13.2 Å². The lowest BCUT2D eigenvalue weighted by Gasteiger charge is -2.22. The highest BCUT2D eigenvalue weighted by Crippen LogP contribution is 2.28. The van der Waals surface area contributed by atoms with Gasteiger partial charge in [-0.15, -0.1) is 0 Å². The Kier molecular flexibility index (Phi) is 4.71. The van der Waals surface area contributed by atoms with Gasteiger partial charge in [-0.2, -0.15) is 13.2 Å². The van der Waals surface area contributed by atoms with E-state index in [2.05, 4.69) is 9.97 Å². The molecule has 1 aromatic rings. The number of nitrogen functional groups attached to an aromatic ring is 1. The summed E-state index contributed by atoms with van der Waals surface area (Å²) >= 11 is 0. The molecule has 0 amide bonds. The molecule has 0 aliphatic rings. The van der Waals surface area contributed by atoms with Crippen molar-refractivity contribution in [1.29, 1.82) is 0 Å². The van der Waals surface area contributed by atoms with Crippen LogP contribution < -0.4 is 10.6 Å². The van der Waals surface area contributed by atoms with Crippen LogP contribution in [0.3, 0.4) is 0 Å². The summed E-state index contributed by atoms with van der Waals surface area (Å²) in [7, 11) is 1.52. The van der Waals surface area contributed by atoms with Crippen LogP contribution in [-0.4, -0.2) is 36.8 Å². The smallest absolute Gasteiger partial charge is 0.384 e. The summed E-state index contributed by atoms with van der Waals surface area (Å²) in [5, 5.41) is 0. The largest absolute Gasteiger partial charge is 0.451 e. The lowest BCUT2D eigenvalue weighted by Crippen LogP contribution is -2.29. The number of alkyl halides is 3. The van der Waals surface area contributed by atoms with Gasteiger partial charge in [-0.25, -0.2) is 9.97 Å². The zero-order valence-corrected chi connectivity index (χ0v) is 10.2. The fraction of sp³-hybridized carbons (Fsp3) is 0.600. The summed E-state index contributed by atoms with van der Waals surface area (Å²) in [6.45, 7) is 3.12. The van der Waals surface area contributed by atoms with Crippen LogP contribution in [0.1, 0.15) is 12.7 Å². The molecular weight excluding hydrogens is 249 g/mol. The number of hydrogen-bond donors (Lipinski definition) is 1. The minimum atomic E-state index is -4.61. The van der Waals surface area contributed by atoms with Gasteiger partial charge in [-0.3, -0.25) is 0 Å². The number of anilines is 2. The van der Waals surface area contributed by atoms with Gasteiger partial charge in [0.1, 0.15) is 11.6 Å². The first-order valence-electron chi connectivity index (χ1n) is 5.34. The summed E-state index contributed by atoms with van der Waals surface area (Å²) in [6, 6.07) is 1.31. The normalized spacial score (nSPS) is 11.6. The molecular formula is C10H15F3N4O. The number of ether oxygens (including phenoxy) is 1. The molecule has 0 saturated carbocycles. The number of hydrogen-bond acceptors (Lipinski definition) is 5. The van der Waals surface area contributed by atoms with Crippen LogP contribution in [0.5, 0.6) is 0 Å². The van der Waals surface area contributed by atoms with Crippen molar-refractivity contribution >= 4 is 11.6 Å². The summed E-state index contributed by atoms with van der Waals surface area (Å²) in [6.07, 6.45) is -4.61. The molecule has 0 bridgehead atoms. The summed E-state index contributed by atoms with van der Waals surface area (Å²) in [4.78, 5) is 8.30. The first kappa shape index (κ1) is 14.5. The number of nitrogens with two attached hydrogens (primary N) is 1. The van der Waals surface area contributed by atoms with Crippen LogP contribution in [-0.2, 0) is 10.9 Å². The average Bonchev–Trinajstić information content (AvgIpc) is 2.28. The molecule has 2 N–H and O–H groups in total. The number of aromatic nitrogens is 2. The van der Waals surface area contributed by atoms with E-state index in [0.717, 1.165) is 0 Å². The summed E-state index contributed by atoms with van der Waals surface area (Å²) in [5.74, 6) is -1.29. The van der Waals surface area contributed by atoms with Crippen molar-refractivity contribution in [3.05, 3.63) is 11.9 Å². The Hall–Kier alpha value is -1.57. The Morgan fingerprint density at radius 1 is 1.39 bits per heavy atom. The van der Waals surface area contributed by atoms with Crippen LogP contribution in [0.15, 0.2) is 6.07 Å². The van der Waals surface area contributed by atoms with E-state index < -0.39 is 12.0 Å². The molecule has 0 aliphatic carbocycles. The van der Waals surface area contributed by atoms with Crippen LogP contribution in [0, 0.1) is 0 Å². The average molecular weight is 264 g/mol. The number of likely N-dealkylation sites (N-methyl/N-ethyl adjacent to an activating group) is 1. The van der Waals surface area contributed by atoms with E-state index in [0.29, 0.717) is 19.7 Å². The standard InChI is InChI=1S/C10H15F3N4O/c1-3-17(4-5-18-2)8-6-7(14)15-9(16-8)10(11,12)13/h6H,3-5H2,1-2H3,(H2,14,15,16). The second-order valence-electron chi connectivity index (χ2n) is 3.54. The molecule has 0 unspecified atom stereocenters. The molecule has 0 saturated heterocycles. The van der Waals surface area contributed by atoms with E-state index in [4.69, 9.17) is 10.5 Å². The van der Waals surface area contributed by atoms with Gasteiger partial charge < -0.3 is 15.4 Å². The molecule has 0 atom stereocenters. The van der Waals surface area contributed by atoms with Crippen molar-refractivity contribution < 1.29 is 17.9 Å². The van der Waals surface area contributed by atoms with Gasteiger partial charge >= 0.3 is 6.18 Å². The molecule has 1 heterocycles. The van der Waals surface area contributed by atoms with Crippen molar-refractivity contribution in [2.75, 3.05) is 37.4 Å². The molecule has 5 nitrogen and oxygen atoms in total. The zero-order valence-electron chi connectivity index (χ0n) is 10.2. The maximum atomic E-state index is 12.5. The van der Waals surface area contributed by atoms with Gasteiger partial charge in [0.15, 0.2) is 0 Å². The maximum Gasteiger partial charge on any atom is 0.451 e. The highest BCUT2D eigenvalue weighted by Gasteiger charge is 2.35. The van der Waals surface area contributed by atoms with E-state index in [1.54, 1.807) is 11.8 Å². The molecule has 1 aromatic heterocycles. The van der Waals surface area contributed by atoms with Crippen molar-refractivity contribution in [3.8, 4) is 0 Å². The van der Waals surface area contributed by atoms with E-state index >= 15 is 0 Å². The maximum absolute atomic E-state index is 12.5. The summed E-state index contributed by atoms with van der Waals surface area (Å²) < 4.78 is 42.5. The van der Waals surface area contributed by atoms with Crippen molar-refractivity contribution in [2.45, 2.75) is 13.1 Å². The van der Waals surface area contributed by atoms with Crippen molar-refractivity contribution in [3.63, 3.8) is 0 Å². The van der Waals surface area contributed by atoms with E-state index in [1.165, 1.54) is 13.2 Å². The first-order valence-corrected chi connectivity index (χ1v) is 5.34. The van der Waals surface area contributed by atoms with Gasteiger partial charge in [0, 0.05) is 26.3 Å². The van der Waals surface area contributed by atoms with E-state index in [1.807, 2.05) is 0 Å². The molecule has 0 spiro atoms. The minimum Gasteiger partial charge on any atom is -0.384 e. The van der Waals surface area contributed by atoms with Gasteiger partial charge in [0.25, 0.3) is 0 Å². The molecule has 0 aromatic carbocycles. The number of methoxy groups -OCH3 is 1. The third-order valence-corrected chi connectivity index (χ3v) is 2.26. The highest BCUT2D eigenvalue weighted by molar-refractivity contribution is 5.47. The second kappa shape index (κ2) is 5.85. The zero-order chi connectivity index (χ0) is 13.8. The van der Waals surface area contributed by atoms with Crippen LogP contribution >= 0.6 is 0 Å². The van der Waals surface area contributed by atoms with Gasteiger partial charge in [-0.1, -0.05) is 0 Å². The van der Waals surface area contributed by atoms with Crippen molar-refractivity contribution in [2.24, 2.45) is 0 Å². The number of rotatable bonds is 5. The SMILES string of the molecule is CCN(CCOC)c1cc(N)nc(C(F)(F)F)n1. The predicted molar refractivity (Wildman–Crippen MR) is 61.2 cm³/mol. The van der Waals surface area contributed by atoms with Crippen LogP contribution in [0.2, 0.25) is 0 Å². The van der Waals surface area contributed by atoms with Crippen LogP contribution in [0.25, 0.3) is 0 Å². The van der Waals surface area contributed by atoms with Crippen molar-refractivity contribution in [1.82, 2.24) is 9.97 Å². The quantitative estimate of drug-likeness (QED) is 0.874. The molecule has 0 radical (unpaired) electrons. The Morgan fingerprint density at radius 3 is 2.56 bits per heavy atom. The third-order valence-electron chi connectivity index (χ3n) is 2.26. The molecule has 8 heteroatoms. The first-order chi connectivity index (χ1) is 8.38. The topological polar surface area (TPSA) is 64.3 Å². The fourth-order valence-corrected chi connectivity index (χ4v) is 1.38. The van der Waals surface area contributed by atoms with Crippen LogP contribution in [0.4, 0.5) is 24.8 Å². The minimum absolute atomic E-state index is 0.148. The van der Waals surface area contributed by atoms with Gasteiger partial charge in [-0.05, 0) is 6.92 Å². The third kappa shape index (κ3) is 3.73. The van der Waals surface area contributed by atoms with Gasteiger partial charge in [0.05, 0.1) is 6.61 Å². The Balaban J connectivity index is 3.04. The fourth-order valence-electron chi connectivity index (χ4n) is 1.38. The Morgan fingerprint density at radius 2 is 2.06 bits per heavy atom. The second-order valence-corrected chi connectivity index (χ2v) is 3.54. The lowest BCUT2D eigenvalue weighted by atomic mass is 10.4. The molecule has 0 fully saturated rings. The van der Waals surface area contributed by atoms with Gasteiger partial charge in [0.2, 0.25) is 5.82 Å². The lowest BCUT2D eigenvalue weighted by molar-refractivity contribution is -0.144. The van der Waals surface area contributed by atoms with E-state index in [-0.39, 0.29) is 11.6 Å². The molecule has 0 aliphatic heterocycles. The Bertz CT molecular complexity index is 397. The highest BCUT2D eigenvalue weighted by atomic mass is 19.4. The monoisotopic (exact) mass is 264 g/mol. The molecule has 18 heavy (non-hydrogen) atoms. The molecule has 102 valence electrons. The number of nitrogens with zero attached hydrogens (tertiary/aromatic N) is 3. The summed E-state index contributed by atoms with van der Waals surface area (Å²) in [5.41, 5.74) is 5.37. The Labute approximate surface area is 103 Å². The number of halogens is 3. The molecule has 1 rings (SSSR count).